The average molecular weight is 364 g/mol. The SMILES string of the molecule is CC(C)CNC(=O)NCc1cccc(CNC(=O)c2cccc(C#N)c2)c1. The summed E-state index contributed by atoms with van der Waals surface area (Å²) in [5.74, 6) is 0.167. The van der Waals surface area contributed by atoms with Crippen LogP contribution >= 0.6 is 0 Å². The summed E-state index contributed by atoms with van der Waals surface area (Å²) < 4.78 is 0. The number of carbonyl (C=O) groups is 2. The standard InChI is InChI=1S/C21H24N4O2/c1-15(2)12-24-21(27)25-14-18-7-3-6-17(9-18)13-23-20(26)19-8-4-5-16(10-19)11-22/h3-10,15H,12-14H2,1-2H3,(H,23,26)(H2,24,25,27). The van der Waals surface area contributed by atoms with E-state index in [4.69, 9.17) is 5.26 Å². The molecule has 0 bridgehead atoms. The molecule has 3 N–H and O–H groups in total. The van der Waals surface area contributed by atoms with Crippen molar-refractivity contribution in [2.24, 2.45) is 5.92 Å². The van der Waals surface area contributed by atoms with Crippen molar-refractivity contribution >= 4 is 11.9 Å². The Morgan fingerprint density at radius 3 is 2.30 bits per heavy atom. The molecule has 6 heteroatoms. The van der Waals surface area contributed by atoms with Gasteiger partial charge in [0.15, 0.2) is 0 Å². The lowest BCUT2D eigenvalue weighted by atomic mass is 10.1. The Labute approximate surface area is 159 Å². The molecule has 2 rings (SSSR count). The Kier molecular flexibility index (Phi) is 7.38. The van der Waals surface area contributed by atoms with Crippen LogP contribution in [-0.4, -0.2) is 18.5 Å². The minimum atomic E-state index is -0.233. The van der Waals surface area contributed by atoms with E-state index >= 15 is 0 Å². The van der Waals surface area contributed by atoms with Gasteiger partial charge in [0.2, 0.25) is 0 Å². The molecule has 140 valence electrons. The van der Waals surface area contributed by atoms with Crippen LogP contribution < -0.4 is 16.0 Å². The maximum Gasteiger partial charge on any atom is 0.315 e. The maximum absolute atomic E-state index is 12.2. The lowest BCUT2D eigenvalue weighted by Crippen LogP contribution is -2.37. The van der Waals surface area contributed by atoms with Crippen molar-refractivity contribution < 1.29 is 9.59 Å². The summed E-state index contributed by atoms with van der Waals surface area (Å²) in [6.07, 6.45) is 0. The lowest BCUT2D eigenvalue weighted by Gasteiger charge is -2.11. The van der Waals surface area contributed by atoms with E-state index < -0.39 is 0 Å². The minimum Gasteiger partial charge on any atom is -0.348 e. The molecule has 0 radical (unpaired) electrons. The highest BCUT2D eigenvalue weighted by atomic mass is 16.2. The van der Waals surface area contributed by atoms with E-state index in [9.17, 15) is 9.59 Å². The van der Waals surface area contributed by atoms with Crippen LogP contribution in [0.3, 0.4) is 0 Å². The molecule has 2 aromatic carbocycles. The van der Waals surface area contributed by atoms with Gasteiger partial charge in [0.05, 0.1) is 11.6 Å². The van der Waals surface area contributed by atoms with E-state index in [0.29, 0.717) is 36.7 Å². The number of urea groups is 1. The molecular formula is C21H24N4O2. The van der Waals surface area contributed by atoms with Gasteiger partial charge in [-0.1, -0.05) is 44.2 Å². The second-order valence-electron chi connectivity index (χ2n) is 6.65. The molecular weight excluding hydrogens is 340 g/mol. The van der Waals surface area contributed by atoms with E-state index in [2.05, 4.69) is 16.0 Å². The zero-order valence-corrected chi connectivity index (χ0v) is 15.6. The maximum atomic E-state index is 12.2. The minimum absolute atomic E-state index is 0.195. The molecule has 0 unspecified atom stereocenters. The number of benzene rings is 2. The summed E-state index contributed by atoms with van der Waals surface area (Å²) in [5, 5.41) is 17.4. The van der Waals surface area contributed by atoms with Gasteiger partial charge in [-0.25, -0.2) is 4.79 Å². The molecule has 0 spiro atoms. The monoisotopic (exact) mass is 364 g/mol. The molecule has 0 aliphatic heterocycles. The van der Waals surface area contributed by atoms with Crippen molar-refractivity contribution in [3.8, 4) is 6.07 Å². The predicted molar refractivity (Wildman–Crippen MR) is 104 cm³/mol. The smallest absolute Gasteiger partial charge is 0.315 e. The Balaban J connectivity index is 1.87. The van der Waals surface area contributed by atoms with Crippen molar-refractivity contribution in [1.29, 1.82) is 5.26 Å². The van der Waals surface area contributed by atoms with Crippen LogP contribution in [0.2, 0.25) is 0 Å². The summed E-state index contributed by atoms with van der Waals surface area (Å²) >= 11 is 0. The molecule has 0 saturated carbocycles. The van der Waals surface area contributed by atoms with Crippen molar-refractivity contribution in [2.75, 3.05) is 6.54 Å². The third kappa shape index (κ3) is 6.83. The number of carbonyl (C=O) groups excluding carboxylic acids is 2. The van der Waals surface area contributed by atoms with Crippen LogP contribution in [0.1, 0.15) is 40.9 Å². The highest BCUT2D eigenvalue weighted by Crippen LogP contribution is 2.07. The Bertz CT molecular complexity index is 840. The predicted octanol–water partition coefficient (Wildman–Crippen LogP) is 2.94. The Hall–Kier alpha value is -3.33. The molecule has 0 aliphatic carbocycles. The number of amides is 3. The van der Waals surface area contributed by atoms with Crippen LogP contribution in [-0.2, 0) is 13.1 Å². The van der Waals surface area contributed by atoms with Crippen molar-refractivity contribution in [3.05, 3.63) is 70.8 Å². The zero-order chi connectivity index (χ0) is 19.6. The first-order valence-electron chi connectivity index (χ1n) is 8.86. The number of hydrogen-bond acceptors (Lipinski definition) is 3. The van der Waals surface area contributed by atoms with Crippen molar-refractivity contribution in [1.82, 2.24) is 16.0 Å². The van der Waals surface area contributed by atoms with Gasteiger partial charge in [0, 0.05) is 25.2 Å². The van der Waals surface area contributed by atoms with E-state index in [-0.39, 0.29) is 11.9 Å². The topological polar surface area (TPSA) is 94.0 Å². The third-order valence-corrected chi connectivity index (χ3v) is 3.82. The molecule has 0 heterocycles. The fraction of sp³-hybridized carbons (Fsp3) is 0.286. The molecule has 6 nitrogen and oxygen atoms in total. The van der Waals surface area contributed by atoms with E-state index in [1.807, 2.05) is 44.2 Å². The number of rotatable bonds is 7. The summed E-state index contributed by atoms with van der Waals surface area (Å²) in [5.41, 5.74) is 2.79. The van der Waals surface area contributed by atoms with Gasteiger partial charge in [0.1, 0.15) is 0 Å². The molecule has 0 atom stereocenters. The quantitative estimate of drug-likeness (QED) is 0.705. The van der Waals surface area contributed by atoms with Crippen molar-refractivity contribution in [2.45, 2.75) is 26.9 Å². The first-order valence-corrected chi connectivity index (χ1v) is 8.86. The highest BCUT2D eigenvalue weighted by Gasteiger charge is 2.07. The summed E-state index contributed by atoms with van der Waals surface area (Å²) in [4.78, 5) is 24.0. The zero-order valence-electron chi connectivity index (χ0n) is 15.6. The number of nitriles is 1. The normalized spacial score (nSPS) is 10.1. The number of hydrogen-bond donors (Lipinski definition) is 3. The number of nitrogens with one attached hydrogen (secondary N) is 3. The third-order valence-electron chi connectivity index (χ3n) is 3.82. The first-order chi connectivity index (χ1) is 13.0. The van der Waals surface area contributed by atoms with E-state index in [0.717, 1.165) is 11.1 Å². The molecule has 3 amide bonds. The molecule has 0 aliphatic rings. The molecule has 27 heavy (non-hydrogen) atoms. The molecule has 0 saturated heterocycles. The van der Waals surface area contributed by atoms with Gasteiger partial charge >= 0.3 is 6.03 Å². The van der Waals surface area contributed by atoms with Gasteiger partial charge < -0.3 is 16.0 Å². The van der Waals surface area contributed by atoms with Gasteiger partial charge in [-0.05, 0) is 35.2 Å². The van der Waals surface area contributed by atoms with Gasteiger partial charge in [-0.15, -0.1) is 0 Å². The van der Waals surface area contributed by atoms with Gasteiger partial charge in [0.25, 0.3) is 5.91 Å². The molecule has 0 aromatic heterocycles. The van der Waals surface area contributed by atoms with Crippen molar-refractivity contribution in [3.63, 3.8) is 0 Å². The molecule has 2 aromatic rings. The van der Waals surface area contributed by atoms with Crippen LogP contribution in [0.25, 0.3) is 0 Å². The van der Waals surface area contributed by atoms with E-state index in [1.54, 1.807) is 24.3 Å². The van der Waals surface area contributed by atoms with Crippen LogP contribution in [0.5, 0.6) is 0 Å². The second kappa shape index (κ2) is 9.97. The summed E-state index contributed by atoms with van der Waals surface area (Å²) in [7, 11) is 0. The Morgan fingerprint density at radius 2 is 1.63 bits per heavy atom. The van der Waals surface area contributed by atoms with Gasteiger partial charge in [-0.3, -0.25) is 4.79 Å². The van der Waals surface area contributed by atoms with Crippen LogP contribution in [0.4, 0.5) is 4.79 Å². The molecule has 0 fully saturated rings. The fourth-order valence-corrected chi connectivity index (χ4v) is 2.41. The second-order valence-corrected chi connectivity index (χ2v) is 6.65. The fourth-order valence-electron chi connectivity index (χ4n) is 2.41. The highest BCUT2D eigenvalue weighted by molar-refractivity contribution is 5.94. The largest absolute Gasteiger partial charge is 0.348 e. The van der Waals surface area contributed by atoms with Gasteiger partial charge in [-0.2, -0.15) is 5.26 Å². The van der Waals surface area contributed by atoms with Crippen LogP contribution in [0, 0.1) is 17.2 Å². The first kappa shape index (κ1) is 20.0. The average Bonchev–Trinajstić information content (AvgIpc) is 2.69. The van der Waals surface area contributed by atoms with E-state index in [1.165, 1.54) is 0 Å². The summed E-state index contributed by atoms with van der Waals surface area (Å²) in [6.45, 7) is 5.48. The summed E-state index contributed by atoms with van der Waals surface area (Å²) in [6, 6.07) is 16.1. The van der Waals surface area contributed by atoms with Crippen LogP contribution in [0.15, 0.2) is 48.5 Å². The Morgan fingerprint density at radius 1 is 0.963 bits per heavy atom. The lowest BCUT2D eigenvalue weighted by molar-refractivity contribution is 0.0951. The number of nitrogens with zero attached hydrogens (tertiary/aromatic N) is 1.